The molecule has 0 radical (unpaired) electrons. The number of methoxy groups -OCH3 is 1. The van der Waals surface area contributed by atoms with Crippen molar-refractivity contribution < 1.29 is 19.2 Å². The number of nitrogens with one attached hydrogen (secondary N) is 3. The molecular weight excluding hydrogens is 374 g/mol. The number of thiophene rings is 1. The van der Waals surface area contributed by atoms with Gasteiger partial charge in [0.05, 0.1) is 25.9 Å². The standard InChI is InChI=1S/C18H22ClN3O3S/c1-3-22(11-17(23)20-10-14-5-4-8-26-14)12-18(24)21-15-9-13(19)6-7-16(15)25-2/h4-9H,3,10-12H2,1-2H3,(H,20,23)(H,21,24)/p+1. The van der Waals surface area contributed by atoms with Gasteiger partial charge >= 0.3 is 0 Å². The van der Waals surface area contributed by atoms with Crippen LogP contribution in [0.15, 0.2) is 35.7 Å². The minimum atomic E-state index is -0.200. The van der Waals surface area contributed by atoms with E-state index in [4.69, 9.17) is 16.3 Å². The van der Waals surface area contributed by atoms with Crippen molar-refractivity contribution in [1.29, 1.82) is 0 Å². The van der Waals surface area contributed by atoms with E-state index in [0.717, 1.165) is 9.78 Å². The zero-order valence-corrected chi connectivity index (χ0v) is 16.4. The lowest BCUT2D eigenvalue weighted by Crippen LogP contribution is -3.13. The van der Waals surface area contributed by atoms with Crippen molar-refractivity contribution in [3.63, 3.8) is 0 Å². The van der Waals surface area contributed by atoms with E-state index in [0.29, 0.717) is 29.5 Å². The molecule has 1 unspecified atom stereocenters. The van der Waals surface area contributed by atoms with Crippen molar-refractivity contribution in [2.24, 2.45) is 0 Å². The van der Waals surface area contributed by atoms with Crippen LogP contribution < -0.4 is 20.3 Å². The van der Waals surface area contributed by atoms with E-state index in [1.54, 1.807) is 29.5 Å². The van der Waals surface area contributed by atoms with Crippen LogP contribution in [0.5, 0.6) is 5.75 Å². The van der Waals surface area contributed by atoms with Crippen LogP contribution in [0.4, 0.5) is 5.69 Å². The molecule has 0 aliphatic rings. The highest BCUT2D eigenvalue weighted by atomic mass is 35.5. The van der Waals surface area contributed by atoms with Gasteiger partial charge in [0.25, 0.3) is 11.8 Å². The number of halogens is 1. The zero-order chi connectivity index (χ0) is 18.9. The highest BCUT2D eigenvalue weighted by molar-refractivity contribution is 7.09. The minimum absolute atomic E-state index is 0.0802. The molecule has 0 saturated carbocycles. The molecule has 3 N–H and O–H groups in total. The van der Waals surface area contributed by atoms with Gasteiger partial charge in [-0.05, 0) is 36.6 Å². The average Bonchev–Trinajstić information content (AvgIpc) is 3.13. The quantitative estimate of drug-likeness (QED) is 0.602. The highest BCUT2D eigenvalue weighted by Gasteiger charge is 2.18. The van der Waals surface area contributed by atoms with E-state index in [1.165, 1.54) is 7.11 Å². The molecule has 0 bridgehead atoms. The summed E-state index contributed by atoms with van der Waals surface area (Å²) in [5.74, 6) is 0.256. The molecular formula is C18H23ClN3O3S+. The molecule has 140 valence electrons. The van der Waals surface area contributed by atoms with Gasteiger partial charge in [-0.1, -0.05) is 17.7 Å². The third-order valence-electron chi connectivity index (χ3n) is 3.80. The van der Waals surface area contributed by atoms with E-state index in [1.807, 2.05) is 24.4 Å². The summed E-state index contributed by atoms with van der Waals surface area (Å²) in [5.41, 5.74) is 0.516. The van der Waals surface area contributed by atoms with Crippen LogP contribution in [0.2, 0.25) is 5.02 Å². The van der Waals surface area contributed by atoms with Crippen molar-refractivity contribution in [1.82, 2.24) is 5.32 Å². The lowest BCUT2D eigenvalue weighted by atomic mass is 10.3. The maximum absolute atomic E-state index is 12.3. The molecule has 8 heteroatoms. The van der Waals surface area contributed by atoms with Crippen LogP contribution >= 0.6 is 22.9 Å². The SMILES string of the molecule is CC[NH+](CC(=O)NCc1cccs1)CC(=O)Nc1cc(Cl)ccc1OC. The van der Waals surface area contributed by atoms with Gasteiger partial charge in [0.15, 0.2) is 13.1 Å². The van der Waals surface area contributed by atoms with Gasteiger partial charge in [-0.3, -0.25) is 9.59 Å². The number of carbonyl (C=O) groups excluding carboxylic acids is 2. The van der Waals surface area contributed by atoms with Gasteiger partial charge in [-0.15, -0.1) is 11.3 Å². The second-order valence-corrected chi connectivity index (χ2v) is 7.17. The third-order valence-corrected chi connectivity index (χ3v) is 4.91. The molecule has 26 heavy (non-hydrogen) atoms. The molecule has 0 spiro atoms. The first kappa shape index (κ1) is 20.2. The molecule has 1 aromatic heterocycles. The number of rotatable bonds is 9. The van der Waals surface area contributed by atoms with E-state index in [2.05, 4.69) is 10.6 Å². The summed E-state index contributed by atoms with van der Waals surface area (Å²) in [6, 6.07) is 8.95. The normalized spacial score (nSPS) is 11.7. The molecule has 0 aliphatic carbocycles. The molecule has 2 rings (SSSR count). The molecule has 1 atom stereocenters. The van der Waals surface area contributed by atoms with Crippen LogP contribution in [0, 0.1) is 0 Å². The molecule has 0 fully saturated rings. The van der Waals surface area contributed by atoms with Crippen molar-refractivity contribution in [2.45, 2.75) is 13.5 Å². The van der Waals surface area contributed by atoms with Crippen molar-refractivity contribution in [2.75, 3.05) is 32.1 Å². The smallest absolute Gasteiger partial charge is 0.279 e. The Balaban J connectivity index is 1.85. The minimum Gasteiger partial charge on any atom is -0.495 e. The van der Waals surface area contributed by atoms with Crippen molar-refractivity contribution in [3.05, 3.63) is 45.6 Å². The number of anilines is 1. The van der Waals surface area contributed by atoms with E-state index in [-0.39, 0.29) is 24.9 Å². The number of amides is 2. The molecule has 0 saturated heterocycles. The number of ether oxygens (including phenoxy) is 1. The fourth-order valence-corrected chi connectivity index (χ4v) is 3.22. The van der Waals surface area contributed by atoms with Gasteiger partial charge in [0.1, 0.15) is 5.75 Å². The number of benzene rings is 1. The van der Waals surface area contributed by atoms with Crippen LogP contribution in [0.25, 0.3) is 0 Å². The Hall–Kier alpha value is -2.09. The monoisotopic (exact) mass is 396 g/mol. The van der Waals surface area contributed by atoms with E-state index in [9.17, 15) is 9.59 Å². The summed E-state index contributed by atoms with van der Waals surface area (Å²) in [6.45, 7) is 3.53. The fourth-order valence-electron chi connectivity index (χ4n) is 2.40. The maximum Gasteiger partial charge on any atom is 0.279 e. The van der Waals surface area contributed by atoms with Gasteiger partial charge in [0, 0.05) is 9.90 Å². The molecule has 1 aromatic carbocycles. The molecule has 2 amide bonds. The number of carbonyl (C=O) groups is 2. The summed E-state index contributed by atoms with van der Waals surface area (Å²) >= 11 is 7.57. The van der Waals surface area contributed by atoms with Crippen LogP contribution in [-0.4, -0.2) is 38.6 Å². The summed E-state index contributed by atoms with van der Waals surface area (Å²) in [4.78, 5) is 26.4. The molecule has 0 aliphatic heterocycles. The van der Waals surface area contributed by atoms with Crippen LogP contribution in [0.1, 0.15) is 11.8 Å². The zero-order valence-electron chi connectivity index (χ0n) is 14.8. The van der Waals surface area contributed by atoms with E-state index < -0.39 is 0 Å². The Kier molecular flexibility index (Phi) is 7.90. The number of quaternary nitrogens is 1. The Morgan fingerprint density at radius 3 is 2.65 bits per heavy atom. The fraction of sp³-hybridized carbons (Fsp3) is 0.333. The first-order chi connectivity index (χ1) is 12.5. The van der Waals surface area contributed by atoms with Crippen LogP contribution in [-0.2, 0) is 16.1 Å². The Morgan fingerprint density at radius 1 is 1.23 bits per heavy atom. The summed E-state index contributed by atoms with van der Waals surface area (Å²) < 4.78 is 5.22. The molecule has 6 nitrogen and oxygen atoms in total. The largest absolute Gasteiger partial charge is 0.495 e. The summed E-state index contributed by atoms with van der Waals surface area (Å²) in [5, 5.41) is 8.16. The summed E-state index contributed by atoms with van der Waals surface area (Å²) in [7, 11) is 1.53. The second-order valence-electron chi connectivity index (χ2n) is 5.71. The Labute approximate surface area is 162 Å². The second kappa shape index (κ2) is 10.2. The topological polar surface area (TPSA) is 71.9 Å². The van der Waals surface area contributed by atoms with Crippen LogP contribution in [0.3, 0.4) is 0 Å². The average molecular weight is 397 g/mol. The molecule has 1 heterocycles. The van der Waals surface area contributed by atoms with E-state index >= 15 is 0 Å². The summed E-state index contributed by atoms with van der Waals surface area (Å²) in [6.07, 6.45) is 0. The Bertz CT molecular complexity index is 737. The number of hydrogen-bond donors (Lipinski definition) is 3. The van der Waals surface area contributed by atoms with Crippen molar-refractivity contribution in [3.8, 4) is 5.75 Å². The molecule has 2 aromatic rings. The van der Waals surface area contributed by atoms with Crippen molar-refractivity contribution >= 4 is 40.4 Å². The number of likely N-dealkylation sites (N-methyl/N-ethyl adjacent to an activating group) is 1. The highest BCUT2D eigenvalue weighted by Crippen LogP contribution is 2.27. The first-order valence-electron chi connectivity index (χ1n) is 8.27. The first-order valence-corrected chi connectivity index (χ1v) is 9.53. The lowest BCUT2D eigenvalue weighted by Gasteiger charge is -2.17. The van der Waals surface area contributed by atoms with Gasteiger partial charge in [-0.25, -0.2) is 0 Å². The maximum atomic E-state index is 12.3. The van der Waals surface area contributed by atoms with Gasteiger partial charge < -0.3 is 20.3 Å². The predicted molar refractivity (Wildman–Crippen MR) is 104 cm³/mol. The predicted octanol–water partition coefficient (Wildman–Crippen LogP) is 1.57. The number of hydrogen-bond acceptors (Lipinski definition) is 4. The van der Waals surface area contributed by atoms with Gasteiger partial charge in [0.2, 0.25) is 0 Å². The Morgan fingerprint density at radius 2 is 2.00 bits per heavy atom. The third kappa shape index (κ3) is 6.33. The van der Waals surface area contributed by atoms with Gasteiger partial charge in [-0.2, -0.15) is 0 Å². The lowest BCUT2D eigenvalue weighted by molar-refractivity contribution is -0.881.